The van der Waals surface area contributed by atoms with Crippen molar-refractivity contribution in [1.29, 1.82) is 0 Å². The van der Waals surface area contributed by atoms with Crippen LogP contribution in [0.25, 0.3) is 21.8 Å². The first-order valence-electron chi connectivity index (χ1n) is 23.9. The van der Waals surface area contributed by atoms with E-state index in [0.29, 0.717) is 38.8 Å². The van der Waals surface area contributed by atoms with Crippen LogP contribution in [-0.4, -0.2) is 126 Å². The Hall–Kier alpha value is -8.44. The predicted octanol–water partition coefficient (Wildman–Crippen LogP) is 1.07. The zero-order chi connectivity index (χ0) is 53.3. The number of nitrogens with one attached hydrogen (secondary N) is 9. The number of hydrogen-bond acceptors (Lipinski definition) is 10. The van der Waals surface area contributed by atoms with Crippen molar-refractivity contribution in [3.8, 4) is 12.0 Å². The van der Waals surface area contributed by atoms with Crippen LogP contribution in [0, 0.1) is 12.0 Å². The number of nitrogens with zero attached hydrogens (tertiary/aromatic N) is 1. The number of benzene rings is 3. The normalized spacial score (nSPS) is 13.1. The van der Waals surface area contributed by atoms with Gasteiger partial charge in [-0.15, -0.1) is 6.58 Å². The number of nitrogens with two attached hydrogens (primary N) is 2. The zero-order valence-electron chi connectivity index (χ0n) is 41.7. The number of aromatic nitrogens is 2. The lowest BCUT2D eigenvalue weighted by atomic mass is 10.0. The molecule has 2 unspecified atom stereocenters. The first-order chi connectivity index (χ1) is 35.0. The standard InChI is InChI=1S/C48H58N10O6.C5H10N2O2/c1-4-23-58(25-14-22-51-31-59)24-13-12-21-40(44(49)60)55-47(63)42(26-33-15-6-5-7-16-33)57-48(64)43(28-35-30-53-39-20-11-9-18-37(35)39)56-45(61)32(2)54-46(62)41(50-3)27-34-29-52-38-19-10-8-17-36(34)38;1-3(5(6)9)7-4(2)8/h4-11,15-20,29-32,40-43,50,52-53H,1,12-13,21-24,26-28H2,2-3H3,(H2,49,60)(H,51,59)(H,54,62)(H,55,63)(H,56,61)(H,57,64);3H,1-2H3,(H2,6,9)(H,7,8)/t32-,40?,41+,42?,43-;3-/m00/s1. The van der Waals surface area contributed by atoms with E-state index >= 15 is 0 Å². The number of carbonyl (C=O) groups is 8. The third kappa shape index (κ3) is 18.7. The van der Waals surface area contributed by atoms with Gasteiger partial charge in [-0.05, 0) is 75.4 Å². The summed E-state index contributed by atoms with van der Waals surface area (Å²) in [7, 11) is 1.67. The number of H-pyrrole nitrogens is 2. The summed E-state index contributed by atoms with van der Waals surface area (Å²) in [6.07, 6.45) is 7.74. The molecule has 0 saturated heterocycles. The maximum Gasteiger partial charge on any atom is 0.243 e. The van der Waals surface area contributed by atoms with Gasteiger partial charge in [-0.2, -0.15) is 0 Å². The van der Waals surface area contributed by atoms with Gasteiger partial charge in [-0.25, -0.2) is 0 Å². The van der Waals surface area contributed by atoms with Crippen molar-refractivity contribution in [3.05, 3.63) is 121 Å². The maximum atomic E-state index is 14.4. The average molecular weight is 1000 g/mol. The minimum Gasteiger partial charge on any atom is -0.368 e. The quantitative estimate of drug-likeness (QED) is 0.0117. The number of carbonyl (C=O) groups excluding carboxylic acids is 8. The molecule has 0 spiro atoms. The van der Waals surface area contributed by atoms with E-state index in [2.05, 4.69) is 65.7 Å². The van der Waals surface area contributed by atoms with Crippen LogP contribution in [0.5, 0.6) is 0 Å². The first-order valence-corrected chi connectivity index (χ1v) is 23.9. The second-order valence-electron chi connectivity index (χ2n) is 17.3. The summed E-state index contributed by atoms with van der Waals surface area (Å²) in [6, 6.07) is 21.7. The third-order valence-corrected chi connectivity index (χ3v) is 11.7. The fourth-order valence-electron chi connectivity index (χ4n) is 7.76. The van der Waals surface area contributed by atoms with E-state index in [1.165, 1.54) is 13.8 Å². The predicted molar refractivity (Wildman–Crippen MR) is 280 cm³/mol. The fraction of sp³-hybridized carbons (Fsp3) is 0.358. The molecule has 0 radical (unpaired) electrons. The Bertz CT molecular complexity index is 2730. The molecule has 20 nitrogen and oxygen atoms in total. The second kappa shape index (κ2) is 29.7. The molecule has 6 atom stereocenters. The topological polar surface area (TPSA) is 308 Å². The van der Waals surface area contributed by atoms with E-state index in [-0.39, 0.29) is 31.7 Å². The van der Waals surface area contributed by atoms with E-state index in [1.807, 2.05) is 90.0 Å². The Morgan fingerprint density at radius 2 is 1.19 bits per heavy atom. The molecule has 20 heteroatoms. The molecular formula is C53H68N12O8. The van der Waals surface area contributed by atoms with Crippen LogP contribution in [0.3, 0.4) is 0 Å². The van der Waals surface area contributed by atoms with Gasteiger partial charge >= 0.3 is 0 Å². The largest absolute Gasteiger partial charge is 0.368 e. The number of primary amides is 2. The van der Waals surface area contributed by atoms with E-state index < -0.39 is 71.7 Å². The molecule has 2 aromatic heterocycles. The summed E-state index contributed by atoms with van der Waals surface area (Å²) in [5.74, 6) is -0.937. The maximum absolute atomic E-state index is 14.4. The molecule has 8 amide bonds. The molecule has 3 aromatic carbocycles. The van der Waals surface area contributed by atoms with Gasteiger partial charge in [0.2, 0.25) is 47.8 Å². The highest BCUT2D eigenvalue weighted by molar-refractivity contribution is 5.97. The van der Waals surface area contributed by atoms with Crippen LogP contribution in [0.1, 0.15) is 56.7 Å². The molecule has 0 bridgehead atoms. The minimum absolute atomic E-state index is 0.0480. The first kappa shape index (κ1) is 57.1. The molecule has 0 aliphatic rings. The number of likely N-dealkylation sites (N-methyl/N-ethyl adjacent to an activating group) is 1. The van der Waals surface area contributed by atoms with Gasteiger partial charge in [0.05, 0.1) is 12.6 Å². The van der Waals surface area contributed by atoms with Crippen molar-refractivity contribution in [3.63, 3.8) is 0 Å². The van der Waals surface area contributed by atoms with Crippen LogP contribution >= 0.6 is 0 Å². The van der Waals surface area contributed by atoms with Crippen LogP contribution in [0.4, 0.5) is 0 Å². The smallest absolute Gasteiger partial charge is 0.243 e. The Morgan fingerprint density at radius 3 is 1.73 bits per heavy atom. The summed E-state index contributed by atoms with van der Waals surface area (Å²) in [4.78, 5) is 108. The Labute approximate surface area is 425 Å². The number of amides is 8. The van der Waals surface area contributed by atoms with Crippen LogP contribution in [0.2, 0.25) is 0 Å². The van der Waals surface area contributed by atoms with Gasteiger partial charge < -0.3 is 63.6 Å². The number of aromatic amines is 2. The van der Waals surface area contributed by atoms with E-state index in [9.17, 15) is 38.4 Å². The third-order valence-electron chi connectivity index (χ3n) is 11.7. The van der Waals surface area contributed by atoms with Gasteiger partial charge in [-0.1, -0.05) is 78.7 Å². The lowest BCUT2D eigenvalue weighted by molar-refractivity contribution is -0.134. The molecule has 0 saturated carbocycles. The number of para-hydroxylation sites is 2. The van der Waals surface area contributed by atoms with Crippen molar-refractivity contribution in [1.82, 2.24) is 52.1 Å². The Kier molecular flexibility index (Phi) is 23.2. The summed E-state index contributed by atoms with van der Waals surface area (Å²) in [5, 5.41) is 21.0. The lowest BCUT2D eigenvalue weighted by Gasteiger charge is -2.26. The monoisotopic (exact) mass is 1000 g/mol. The molecule has 388 valence electrons. The number of fused-ring (bicyclic) bond motifs is 2. The molecule has 5 aromatic rings. The summed E-state index contributed by atoms with van der Waals surface area (Å²) >= 11 is 0. The van der Waals surface area contributed by atoms with Gasteiger partial charge in [-0.3, -0.25) is 38.4 Å². The summed E-state index contributed by atoms with van der Waals surface area (Å²) in [6.45, 7) is 9.40. The molecule has 73 heavy (non-hydrogen) atoms. The highest BCUT2D eigenvalue weighted by Crippen LogP contribution is 2.21. The summed E-state index contributed by atoms with van der Waals surface area (Å²) < 4.78 is 0. The molecule has 0 fully saturated rings. The zero-order valence-corrected chi connectivity index (χ0v) is 41.7. The van der Waals surface area contributed by atoms with Gasteiger partial charge in [0.1, 0.15) is 30.2 Å². The van der Waals surface area contributed by atoms with E-state index in [1.54, 1.807) is 26.2 Å². The van der Waals surface area contributed by atoms with Gasteiger partial charge in [0.15, 0.2) is 0 Å². The minimum atomic E-state index is -1.19. The Morgan fingerprint density at radius 1 is 0.658 bits per heavy atom. The van der Waals surface area contributed by atoms with Crippen LogP contribution < -0.4 is 48.7 Å². The number of hydrogen-bond donors (Lipinski definition) is 11. The van der Waals surface area contributed by atoms with E-state index in [0.717, 1.165) is 38.5 Å². The van der Waals surface area contributed by atoms with Gasteiger partial charge in [0, 0.05) is 73.1 Å². The fourth-order valence-corrected chi connectivity index (χ4v) is 7.76. The highest BCUT2D eigenvalue weighted by Gasteiger charge is 2.32. The van der Waals surface area contributed by atoms with Crippen molar-refractivity contribution in [2.75, 3.05) is 26.7 Å². The van der Waals surface area contributed by atoms with E-state index in [4.69, 9.17) is 11.5 Å². The molecule has 0 aliphatic heterocycles. The van der Waals surface area contributed by atoms with Crippen molar-refractivity contribution in [2.45, 2.75) is 95.5 Å². The summed E-state index contributed by atoms with van der Waals surface area (Å²) in [5.41, 5.74) is 14.8. The Balaban J connectivity index is 0.00000117. The average Bonchev–Trinajstić information content (AvgIpc) is 3.98. The van der Waals surface area contributed by atoms with Crippen LogP contribution in [0.15, 0.2) is 104 Å². The SMILES string of the molecule is C=CCN(C#CCNC=O)CCCCC(NC(=O)C(Cc1ccccc1)NC(=O)[C@H](Cc1c[nH]c2ccccc12)NC(=O)[C@H](C)NC(=O)[C@@H](Cc1c[nH]c2ccccc12)NC)C(N)=O.CC(=O)N[C@@H](C)C(N)=O. The van der Waals surface area contributed by atoms with Crippen molar-refractivity contribution >= 4 is 69.6 Å². The highest BCUT2D eigenvalue weighted by atomic mass is 16.2. The lowest BCUT2D eigenvalue weighted by Crippen LogP contribution is -2.59. The van der Waals surface area contributed by atoms with Crippen LogP contribution in [-0.2, 0) is 57.6 Å². The molecule has 13 N–H and O–H groups in total. The molecule has 2 heterocycles. The van der Waals surface area contributed by atoms with Gasteiger partial charge in [0.25, 0.3) is 0 Å². The molecule has 5 rings (SSSR count). The molecular weight excluding hydrogens is 933 g/mol. The van der Waals surface area contributed by atoms with Crippen molar-refractivity contribution < 1.29 is 38.4 Å². The number of rotatable bonds is 27. The number of unbranched alkanes of at least 4 members (excludes halogenated alkanes) is 1. The van der Waals surface area contributed by atoms with Crippen molar-refractivity contribution in [2.24, 2.45) is 11.5 Å². The second-order valence-corrected chi connectivity index (χ2v) is 17.3. The molecule has 0 aliphatic carbocycles.